The number of aromatic nitrogens is 2. The normalized spacial score (nSPS) is 12.1. The Balaban J connectivity index is 2.11. The van der Waals surface area contributed by atoms with Crippen molar-refractivity contribution in [2.45, 2.75) is 23.5 Å². The molecule has 3 aromatic rings. The average molecular weight is 400 g/mol. The van der Waals surface area contributed by atoms with E-state index < -0.39 is 20.4 Å². The van der Waals surface area contributed by atoms with Gasteiger partial charge in [0, 0.05) is 17.7 Å². The van der Waals surface area contributed by atoms with Gasteiger partial charge in [-0.15, -0.1) is 0 Å². The number of nitrogens with two attached hydrogens (primary N) is 2. The van der Waals surface area contributed by atoms with Crippen molar-refractivity contribution in [3.05, 3.63) is 60.7 Å². The van der Waals surface area contributed by atoms with Gasteiger partial charge in [0.1, 0.15) is 11.6 Å². The van der Waals surface area contributed by atoms with E-state index in [1.54, 1.807) is 44.2 Å². The van der Waals surface area contributed by atoms with Crippen molar-refractivity contribution >= 4 is 15.7 Å². The highest BCUT2D eigenvalue weighted by atomic mass is 32.2. The molecule has 0 amide bonds. The molecule has 28 heavy (non-hydrogen) atoms. The van der Waals surface area contributed by atoms with Gasteiger partial charge in [0.25, 0.3) is 0 Å². The molecule has 4 N–H and O–H groups in total. The number of nitrogens with zero attached hydrogens (tertiary/aromatic N) is 2. The Kier molecular flexibility index (Phi) is 5.18. The van der Waals surface area contributed by atoms with Crippen LogP contribution in [0.4, 0.5) is 10.2 Å². The first-order valence-electron chi connectivity index (χ1n) is 8.59. The average Bonchev–Trinajstić information content (AvgIpc) is 2.68. The second-order valence-corrected chi connectivity index (χ2v) is 9.54. The molecule has 0 saturated carbocycles. The maximum Gasteiger partial charge on any atom is 0.185 e. The van der Waals surface area contributed by atoms with E-state index in [2.05, 4.69) is 9.97 Å². The minimum atomic E-state index is -3.73. The van der Waals surface area contributed by atoms with Gasteiger partial charge in [0.2, 0.25) is 0 Å². The standard InChI is InChI=1S/C20H21FN4O2S/c1-20(2,12-22)28(26,27)18-6-4-3-5-14(18)13-7-8-15(16(21)9-13)17-10-25-19(23)11-24-17/h3-11H,12,22H2,1-2H3,(H2,23,25). The van der Waals surface area contributed by atoms with Crippen molar-refractivity contribution in [1.29, 1.82) is 0 Å². The van der Waals surface area contributed by atoms with Crippen molar-refractivity contribution in [2.24, 2.45) is 5.73 Å². The minimum absolute atomic E-state index is 0.0349. The fourth-order valence-corrected chi connectivity index (χ4v) is 4.26. The number of nitrogen functional groups attached to an aromatic ring is 1. The van der Waals surface area contributed by atoms with Gasteiger partial charge < -0.3 is 11.5 Å². The van der Waals surface area contributed by atoms with Gasteiger partial charge in [-0.2, -0.15) is 0 Å². The first-order chi connectivity index (χ1) is 13.2. The molecule has 0 aliphatic carbocycles. The Morgan fingerprint density at radius 3 is 2.36 bits per heavy atom. The topological polar surface area (TPSA) is 112 Å². The molecule has 0 aliphatic heterocycles. The molecule has 0 radical (unpaired) electrons. The van der Waals surface area contributed by atoms with Crippen LogP contribution >= 0.6 is 0 Å². The Labute approximate surface area is 163 Å². The van der Waals surface area contributed by atoms with Gasteiger partial charge in [-0.1, -0.05) is 24.3 Å². The van der Waals surface area contributed by atoms with Crippen LogP contribution in [0.5, 0.6) is 0 Å². The van der Waals surface area contributed by atoms with E-state index in [0.717, 1.165) is 0 Å². The maximum atomic E-state index is 14.8. The number of halogens is 1. The zero-order chi connectivity index (χ0) is 20.5. The lowest BCUT2D eigenvalue weighted by Crippen LogP contribution is -2.39. The number of anilines is 1. The Bertz CT molecular complexity index is 1110. The Morgan fingerprint density at radius 2 is 1.75 bits per heavy atom. The highest BCUT2D eigenvalue weighted by molar-refractivity contribution is 7.93. The molecular weight excluding hydrogens is 379 g/mol. The second kappa shape index (κ2) is 7.29. The van der Waals surface area contributed by atoms with Crippen molar-refractivity contribution in [1.82, 2.24) is 9.97 Å². The number of hydrogen-bond acceptors (Lipinski definition) is 6. The molecular formula is C20H21FN4O2S. The predicted molar refractivity (Wildman–Crippen MR) is 108 cm³/mol. The zero-order valence-corrected chi connectivity index (χ0v) is 16.4. The van der Waals surface area contributed by atoms with Crippen LogP contribution in [0.1, 0.15) is 13.8 Å². The van der Waals surface area contributed by atoms with Crippen LogP contribution in [0.15, 0.2) is 59.8 Å². The van der Waals surface area contributed by atoms with E-state index in [-0.39, 0.29) is 22.8 Å². The third-order valence-electron chi connectivity index (χ3n) is 4.62. The van der Waals surface area contributed by atoms with Crippen LogP contribution in [-0.2, 0) is 9.84 Å². The molecule has 146 valence electrons. The molecule has 0 unspecified atom stereocenters. The molecule has 1 heterocycles. The SMILES string of the molecule is CC(C)(CN)S(=O)(=O)c1ccccc1-c1ccc(-c2cnc(N)cn2)c(F)c1. The molecule has 6 nitrogen and oxygen atoms in total. The molecule has 0 atom stereocenters. The molecule has 0 bridgehead atoms. The van der Waals surface area contributed by atoms with E-state index in [0.29, 0.717) is 16.8 Å². The Morgan fingerprint density at radius 1 is 1.04 bits per heavy atom. The van der Waals surface area contributed by atoms with Gasteiger partial charge >= 0.3 is 0 Å². The van der Waals surface area contributed by atoms with Crippen molar-refractivity contribution in [3.63, 3.8) is 0 Å². The minimum Gasteiger partial charge on any atom is -0.382 e. The lowest BCUT2D eigenvalue weighted by atomic mass is 10.0. The summed E-state index contributed by atoms with van der Waals surface area (Å²) in [7, 11) is -3.73. The third-order valence-corrected chi connectivity index (χ3v) is 7.18. The van der Waals surface area contributed by atoms with Crippen LogP contribution < -0.4 is 11.5 Å². The second-order valence-electron chi connectivity index (χ2n) is 6.98. The van der Waals surface area contributed by atoms with E-state index in [4.69, 9.17) is 11.5 Å². The molecule has 3 rings (SSSR count). The predicted octanol–water partition coefficient (Wildman–Crippen LogP) is 3.04. The number of rotatable bonds is 5. The van der Waals surface area contributed by atoms with E-state index in [1.165, 1.54) is 24.5 Å². The van der Waals surface area contributed by atoms with Gasteiger partial charge in [0.05, 0.1) is 27.7 Å². The smallest absolute Gasteiger partial charge is 0.185 e. The number of hydrogen-bond donors (Lipinski definition) is 2. The fourth-order valence-electron chi connectivity index (χ4n) is 2.71. The van der Waals surface area contributed by atoms with E-state index in [1.807, 2.05) is 0 Å². The first kappa shape index (κ1) is 19.9. The summed E-state index contributed by atoms with van der Waals surface area (Å²) in [6.45, 7) is 3.11. The summed E-state index contributed by atoms with van der Waals surface area (Å²) in [5.41, 5.74) is 12.6. The summed E-state index contributed by atoms with van der Waals surface area (Å²) < 4.78 is 39.8. The Hall–Kier alpha value is -2.84. The summed E-state index contributed by atoms with van der Waals surface area (Å²) in [6.07, 6.45) is 2.73. The van der Waals surface area contributed by atoms with Gasteiger partial charge in [-0.3, -0.25) is 4.98 Å². The fraction of sp³-hybridized carbons (Fsp3) is 0.200. The monoisotopic (exact) mass is 400 g/mol. The van der Waals surface area contributed by atoms with E-state index >= 15 is 0 Å². The van der Waals surface area contributed by atoms with Crippen LogP contribution in [0.2, 0.25) is 0 Å². The van der Waals surface area contributed by atoms with Gasteiger partial charge in [-0.25, -0.2) is 17.8 Å². The third kappa shape index (κ3) is 3.48. The van der Waals surface area contributed by atoms with Crippen LogP contribution in [0.25, 0.3) is 22.4 Å². The largest absolute Gasteiger partial charge is 0.382 e. The van der Waals surface area contributed by atoms with Crippen LogP contribution in [-0.4, -0.2) is 29.7 Å². The zero-order valence-electron chi connectivity index (χ0n) is 15.6. The van der Waals surface area contributed by atoms with Crippen molar-refractivity contribution < 1.29 is 12.8 Å². The number of sulfone groups is 1. The summed E-state index contributed by atoms with van der Waals surface area (Å²) in [5, 5.41) is 0. The summed E-state index contributed by atoms with van der Waals surface area (Å²) in [5.74, 6) is -0.302. The summed E-state index contributed by atoms with van der Waals surface area (Å²) >= 11 is 0. The lowest BCUT2D eigenvalue weighted by Gasteiger charge is -2.24. The lowest BCUT2D eigenvalue weighted by molar-refractivity contribution is 0.549. The summed E-state index contributed by atoms with van der Waals surface area (Å²) in [6, 6.07) is 11.0. The van der Waals surface area contributed by atoms with Crippen LogP contribution in [0, 0.1) is 5.82 Å². The highest BCUT2D eigenvalue weighted by Crippen LogP contribution is 2.34. The van der Waals surface area contributed by atoms with Crippen molar-refractivity contribution in [3.8, 4) is 22.4 Å². The van der Waals surface area contributed by atoms with Crippen molar-refractivity contribution in [2.75, 3.05) is 12.3 Å². The number of benzene rings is 2. The molecule has 0 spiro atoms. The summed E-state index contributed by atoms with van der Waals surface area (Å²) in [4.78, 5) is 8.11. The maximum absolute atomic E-state index is 14.8. The molecule has 0 fully saturated rings. The highest BCUT2D eigenvalue weighted by Gasteiger charge is 2.36. The van der Waals surface area contributed by atoms with Gasteiger partial charge in [0.15, 0.2) is 9.84 Å². The molecule has 0 aliphatic rings. The molecule has 0 saturated heterocycles. The molecule has 2 aromatic carbocycles. The van der Waals surface area contributed by atoms with E-state index in [9.17, 15) is 12.8 Å². The van der Waals surface area contributed by atoms with Gasteiger partial charge in [-0.05, 0) is 37.6 Å². The quantitative estimate of drug-likeness (QED) is 0.681. The molecule has 1 aromatic heterocycles. The molecule has 8 heteroatoms. The van der Waals surface area contributed by atoms with Crippen LogP contribution in [0.3, 0.4) is 0 Å². The first-order valence-corrected chi connectivity index (χ1v) is 10.1.